The van der Waals surface area contributed by atoms with Crippen LogP contribution in [0.15, 0.2) is 24.3 Å². The highest BCUT2D eigenvalue weighted by Gasteiger charge is 2.36. The first kappa shape index (κ1) is 9.98. The normalized spacial score (nSPS) is 19.6. The number of carbonyl (C=O) groups excluding carboxylic acids is 1. The number of amides is 1. The van der Waals surface area contributed by atoms with Gasteiger partial charge in [0, 0.05) is 12.0 Å². The average molecular weight is 206 g/mol. The number of anilines is 1. The molecule has 0 saturated carbocycles. The van der Waals surface area contributed by atoms with Crippen molar-refractivity contribution in [3.8, 4) is 5.75 Å². The molecule has 0 bridgehead atoms. The molecule has 1 aliphatic heterocycles. The molecule has 80 valence electrons. The zero-order valence-corrected chi connectivity index (χ0v) is 8.82. The van der Waals surface area contributed by atoms with Crippen molar-refractivity contribution in [1.82, 2.24) is 5.43 Å². The van der Waals surface area contributed by atoms with Crippen molar-refractivity contribution in [1.29, 1.82) is 0 Å². The van der Waals surface area contributed by atoms with E-state index in [-0.39, 0.29) is 17.2 Å². The van der Waals surface area contributed by atoms with E-state index in [1.54, 1.807) is 24.3 Å². The summed E-state index contributed by atoms with van der Waals surface area (Å²) in [6.07, 6.45) is 0.432. The number of carbonyl (C=O) groups is 1. The second-order valence-corrected chi connectivity index (χ2v) is 4.39. The number of hydrogen-bond donors (Lipinski definition) is 2. The molecular formula is C11H14N2O2. The molecule has 1 aliphatic rings. The fraction of sp³-hybridized carbons (Fsp3) is 0.364. The third-order valence-electron chi connectivity index (χ3n) is 2.38. The molecular weight excluding hydrogens is 192 g/mol. The van der Waals surface area contributed by atoms with E-state index in [4.69, 9.17) is 0 Å². The van der Waals surface area contributed by atoms with Crippen LogP contribution in [0.2, 0.25) is 0 Å². The largest absolute Gasteiger partial charge is 0.506 e. The van der Waals surface area contributed by atoms with Crippen molar-refractivity contribution in [2.45, 2.75) is 25.8 Å². The molecule has 0 aliphatic carbocycles. The van der Waals surface area contributed by atoms with Crippen LogP contribution in [0.4, 0.5) is 5.69 Å². The fourth-order valence-corrected chi connectivity index (χ4v) is 1.71. The minimum atomic E-state index is -0.251. The zero-order valence-electron chi connectivity index (χ0n) is 8.82. The Kier molecular flexibility index (Phi) is 2.16. The number of phenolic OH excluding ortho intramolecular Hbond substituents is 1. The third-order valence-corrected chi connectivity index (χ3v) is 2.38. The number of hydrogen-bond acceptors (Lipinski definition) is 3. The number of rotatable bonds is 1. The summed E-state index contributed by atoms with van der Waals surface area (Å²) in [6.45, 7) is 3.90. The first-order chi connectivity index (χ1) is 6.99. The number of nitrogens with zero attached hydrogens (tertiary/aromatic N) is 1. The molecule has 0 unspecified atom stereocenters. The highest BCUT2D eigenvalue weighted by Crippen LogP contribution is 2.30. The van der Waals surface area contributed by atoms with Crippen LogP contribution in [-0.2, 0) is 4.79 Å². The molecule has 1 fully saturated rings. The average Bonchev–Trinajstić information content (AvgIpc) is 2.40. The lowest BCUT2D eigenvalue weighted by Crippen LogP contribution is -2.42. The standard InChI is InChI=1S/C11H14N2O2/c1-11(2)7-10(15)13(12-11)8-5-3-4-6-9(8)14/h3-6,12,14H,7H2,1-2H3. The maximum atomic E-state index is 11.7. The fourth-order valence-electron chi connectivity index (χ4n) is 1.71. The quantitative estimate of drug-likeness (QED) is 0.730. The number of aromatic hydroxyl groups is 1. The van der Waals surface area contributed by atoms with Gasteiger partial charge in [-0.25, -0.2) is 10.4 Å². The number of hydrazine groups is 1. The van der Waals surface area contributed by atoms with Gasteiger partial charge in [-0.1, -0.05) is 12.1 Å². The van der Waals surface area contributed by atoms with Gasteiger partial charge in [-0.2, -0.15) is 0 Å². The molecule has 0 radical (unpaired) electrons. The monoisotopic (exact) mass is 206 g/mol. The van der Waals surface area contributed by atoms with Crippen LogP contribution in [0.3, 0.4) is 0 Å². The Morgan fingerprint density at radius 1 is 1.40 bits per heavy atom. The molecule has 4 heteroatoms. The summed E-state index contributed by atoms with van der Waals surface area (Å²) < 4.78 is 0. The molecule has 15 heavy (non-hydrogen) atoms. The van der Waals surface area contributed by atoms with E-state index in [1.807, 2.05) is 13.8 Å². The molecule has 0 spiro atoms. The van der Waals surface area contributed by atoms with Crippen LogP contribution in [0.25, 0.3) is 0 Å². The number of phenols is 1. The highest BCUT2D eigenvalue weighted by molar-refractivity contribution is 5.96. The Morgan fingerprint density at radius 2 is 2.07 bits per heavy atom. The maximum Gasteiger partial charge on any atom is 0.243 e. The predicted octanol–water partition coefficient (Wildman–Crippen LogP) is 1.41. The van der Waals surface area contributed by atoms with Gasteiger partial charge in [0.1, 0.15) is 11.4 Å². The van der Waals surface area contributed by atoms with Crippen LogP contribution in [0.5, 0.6) is 5.75 Å². The van der Waals surface area contributed by atoms with E-state index >= 15 is 0 Å². The van der Waals surface area contributed by atoms with Crippen molar-refractivity contribution in [2.75, 3.05) is 5.01 Å². The van der Waals surface area contributed by atoms with Gasteiger partial charge in [-0.3, -0.25) is 4.79 Å². The van der Waals surface area contributed by atoms with Crippen molar-refractivity contribution in [3.05, 3.63) is 24.3 Å². The summed E-state index contributed by atoms with van der Waals surface area (Å²) in [6, 6.07) is 6.79. The first-order valence-electron chi connectivity index (χ1n) is 4.88. The van der Waals surface area contributed by atoms with Crippen LogP contribution in [0, 0.1) is 0 Å². The summed E-state index contributed by atoms with van der Waals surface area (Å²) >= 11 is 0. The van der Waals surface area contributed by atoms with Crippen LogP contribution in [0.1, 0.15) is 20.3 Å². The van der Waals surface area contributed by atoms with E-state index in [1.165, 1.54) is 5.01 Å². The minimum Gasteiger partial charge on any atom is -0.506 e. The molecule has 1 heterocycles. The Bertz CT molecular complexity index is 401. The van der Waals surface area contributed by atoms with E-state index in [0.29, 0.717) is 12.1 Å². The van der Waals surface area contributed by atoms with Crippen molar-refractivity contribution in [2.24, 2.45) is 0 Å². The van der Waals surface area contributed by atoms with Gasteiger partial charge < -0.3 is 5.11 Å². The first-order valence-corrected chi connectivity index (χ1v) is 4.88. The topological polar surface area (TPSA) is 52.6 Å². The van der Waals surface area contributed by atoms with E-state index in [9.17, 15) is 9.90 Å². The van der Waals surface area contributed by atoms with Gasteiger partial charge >= 0.3 is 0 Å². The molecule has 2 rings (SSSR count). The lowest BCUT2D eigenvalue weighted by molar-refractivity contribution is -0.117. The lowest BCUT2D eigenvalue weighted by Gasteiger charge is -2.22. The van der Waals surface area contributed by atoms with Crippen LogP contribution >= 0.6 is 0 Å². The molecule has 4 nitrogen and oxygen atoms in total. The minimum absolute atomic E-state index is 0.0264. The van der Waals surface area contributed by atoms with E-state index < -0.39 is 0 Å². The second kappa shape index (κ2) is 3.24. The van der Waals surface area contributed by atoms with Gasteiger partial charge in [0.25, 0.3) is 0 Å². The van der Waals surface area contributed by atoms with Crippen LogP contribution < -0.4 is 10.4 Å². The summed E-state index contributed by atoms with van der Waals surface area (Å²) in [5.41, 5.74) is 3.32. The third kappa shape index (κ3) is 1.80. The number of benzene rings is 1. The Hall–Kier alpha value is -1.55. The van der Waals surface area contributed by atoms with Gasteiger partial charge in [0.2, 0.25) is 5.91 Å². The van der Waals surface area contributed by atoms with Gasteiger partial charge in [-0.15, -0.1) is 0 Å². The zero-order chi connectivity index (χ0) is 11.1. The summed E-state index contributed by atoms with van der Waals surface area (Å²) in [5, 5.41) is 11.0. The van der Waals surface area contributed by atoms with Crippen molar-refractivity contribution >= 4 is 11.6 Å². The second-order valence-electron chi connectivity index (χ2n) is 4.39. The molecule has 0 aromatic heterocycles. The lowest BCUT2D eigenvalue weighted by atomic mass is 10.0. The van der Waals surface area contributed by atoms with E-state index in [2.05, 4.69) is 5.43 Å². The maximum absolute atomic E-state index is 11.7. The molecule has 1 aromatic rings. The smallest absolute Gasteiger partial charge is 0.243 e. The number of nitrogens with one attached hydrogen (secondary N) is 1. The van der Waals surface area contributed by atoms with Gasteiger partial charge in [-0.05, 0) is 26.0 Å². The van der Waals surface area contributed by atoms with Gasteiger partial charge in [0.15, 0.2) is 0 Å². The molecule has 1 saturated heterocycles. The SMILES string of the molecule is CC1(C)CC(=O)N(c2ccccc2O)N1. The van der Waals surface area contributed by atoms with Crippen molar-refractivity contribution < 1.29 is 9.90 Å². The Morgan fingerprint density at radius 3 is 2.60 bits per heavy atom. The predicted molar refractivity (Wildman–Crippen MR) is 57.4 cm³/mol. The molecule has 0 atom stereocenters. The Balaban J connectivity index is 2.34. The van der Waals surface area contributed by atoms with E-state index in [0.717, 1.165) is 0 Å². The summed E-state index contributed by atoms with van der Waals surface area (Å²) in [5.74, 6) is 0.0811. The van der Waals surface area contributed by atoms with Crippen LogP contribution in [-0.4, -0.2) is 16.6 Å². The molecule has 1 amide bonds. The van der Waals surface area contributed by atoms with Crippen molar-refractivity contribution in [3.63, 3.8) is 0 Å². The van der Waals surface area contributed by atoms with Gasteiger partial charge in [0.05, 0.1) is 0 Å². The summed E-state index contributed by atoms with van der Waals surface area (Å²) in [4.78, 5) is 11.7. The molecule has 2 N–H and O–H groups in total. The summed E-state index contributed by atoms with van der Waals surface area (Å²) in [7, 11) is 0. The Labute approximate surface area is 88.5 Å². The molecule has 1 aromatic carbocycles. The number of para-hydroxylation sites is 2. The highest BCUT2D eigenvalue weighted by atomic mass is 16.3.